The van der Waals surface area contributed by atoms with Gasteiger partial charge in [0.25, 0.3) is 5.56 Å². The molecule has 3 aromatic rings. The number of amides is 1. The third-order valence-electron chi connectivity index (χ3n) is 4.66. The molecule has 0 radical (unpaired) electrons. The zero-order valence-electron chi connectivity index (χ0n) is 16.6. The summed E-state index contributed by atoms with van der Waals surface area (Å²) in [7, 11) is 0. The molecule has 1 aromatic heterocycles. The number of carbonyl (C=O) groups is 1. The van der Waals surface area contributed by atoms with Gasteiger partial charge in [-0.15, -0.1) is 0 Å². The van der Waals surface area contributed by atoms with Crippen molar-refractivity contribution < 1.29 is 23.1 Å². The second-order valence-electron chi connectivity index (χ2n) is 6.85. The Balaban J connectivity index is 1.93. The molecule has 31 heavy (non-hydrogen) atoms. The zero-order chi connectivity index (χ0) is 22.6. The Labute approximate surface area is 176 Å². The number of nitrogens with zero attached hydrogens (tertiary/aromatic N) is 2. The number of alkyl halides is 3. The third kappa shape index (κ3) is 5.18. The van der Waals surface area contributed by atoms with Gasteiger partial charge < -0.3 is 10.4 Å². The highest BCUT2D eigenvalue weighted by Crippen LogP contribution is 2.29. The van der Waals surface area contributed by atoms with Crippen molar-refractivity contribution in [1.82, 2.24) is 9.55 Å². The normalized spacial score (nSPS) is 11.4. The fourth-order valence-electron chi connectivity index (χ4n) is 3.14. The first kappa shape index (κ1) is 22.2. The van der Waals surface area contributed by atoms with Crippen LogP contribution < -0.4 is 10.9 Å². The molecule has 0 atom stereocenters. The van der Waals surface area contributed by atoms with Gasteiger partial charge in [0.2, 0.25) is 5.91 Å². The maximum atomic E-state index is 13.0. The van der Waals surface area contributed by atoms with Crippen LogP contribution in [-0.2, 0) is 23.9 Å². The predicted octanol–water partition coefficient (Wildman–Crippen LogP) is 3.41. The number of benzene rings is 2. The van der Waals surface area contributed by atoms with Crippen molar-refractivity contribution in [2.75, 3.05) is 11.9 Å². The van der Waals surface area contributed by atoms with Crippen LogP contribution in [-0.4, -0.2) is 27.2 Å². The first-order valence-corrected chi connectivity index (χ1v) is 9.44. The summed E-state index contributed by atoms with van der Waals surface area (Å²) in [5, 5.41) is 11.8. The lowest BCUT2D eigenvalue weighted by Gasteiger charge is -2.16. The van der Waals surface area contributed by atoms with Gasteiger partial charge in [-0.1, -0.05) is 30.3 Å². The summed E-state index contributed by atoms with van der Waals surface area (Å²) in [5.74, 6) is -0.313. The Morgan fingerprint density at radius 3 is 2.32 bits per heavy atom. The number of carbonyl (C=O) groups excluding carboxylic acids is 1. The molecule has 0 aliphatic carbocycles. The number of hydrogen-bond donors (Lipinski definition) is 2. The Hall–Kier alpha value is -3.46. The maximum absolute atomic E-state index is 13.0. The summed E-state index contributed by atoms with van der Waals surface area (Å²) in [6, 6.07) is 12.9. The van der Waals surface area contributed by atoms with E-state index in [2.05, 4.69) is 10.3 Å². The smallest absolute Gasteiger partial charge is 0.396 e. The van der Waals surface area contributed by atoms with E-state index in [1.165, 1.54) is 4.57 Å². The van der Waals surface area contributed by atoms with Crippen molar-refractivity contribution in [1.29, 1.82) is 0 Å². The molecule has 6 nitrogen and oxygen atoms in total. The van der Waals surface area contributed by atoms with Crippen LogP contribution in [0, 0.1) is 6.92 Å². The number of aromatic nitrogens is 2. The molecule has 1 heterocycles. The molecule has 0 fully saturated rings. The van der Waals surface area contributed by atoms with Gasteiger partial charge in [-0.2, -0.15) is 13.2 Å². The van der Waals surface area contributed by atoms with Crippen molar-refractivity contribution in [3.8, 4) is 11.4 Å². The number of halogens is 3. The summed E-state index contributed by atoms with van der Waals surface area (Å²) in [4.78, 5) is 30.1. The topological polar surface area (TPSA) is 84.2 Å². The zero-order valence-corrected chi connectivity index (χ0v) is 16.6. The van der Waals surface area contributed by atoms with Crippen molar-refractivity contribution in [2.24, 2.45) is 0 Å². The lowest BCUT2D eigenvalue weighted by atomic mass is 10.1. The van der Waals surface area contributed by atoms with E-state index in [1.54, 1.807) is 37.3 Å². The average molecular weight is 431 g/mol. The van der Waals surface area contributed by atoms with E-state index in [9.17, 15) is 27.9 Å². The SMILES string of the molecule is Cc1nc(-c2ccccc2)n(CC(=O)Nc2ccc(C(F)(F)F)cc2)c(=O)c1CCO. The van der Waals surface area contributed by atoms with Gasteiger partial charge in [0.15, 0.2) is 0 Å². The highest BCUT2D eigenvalue weighted by molar-refractivity contribution is 5.90. The molecule has 3 rings (SSSR count). The number of aryl methyl sites for hydroxylation is 1. The lowest BCUT2D eigenvalue weighted by molar-refractivity contribution is -0.137. The maximum Gasteiger partial charge on any atom is 0.416 e. The molecule has 162 valence electrons. The van der Waals surface area contributed by atoms with E-state index in [0.717, 1.165) is 24.3 Å². The molecule has 0 saturated carbocycles. The highest BCUT2D eigenvalue weighted by atomic mass is 19.4. The third-order valence-corrected chi connectivity index (χ3v) is 4.66. The van der Waals surface area contributed by atoms with E-state index in [0.29, 0.717) is 16.8 Å². The first-order valence-electron chi connectivity index (χ1n) is 9.44. The largest absolute Gasteiger partial charge is 0.416 e. The Morgan fingerprint density at radius 2 is 1.74 bits per heavy atom. The van der Waals surface area contributed by atoms with Crippen LogP contribution in [0.25, 0.3) is 11.4 Å². The van der Waals surface area contributed by atoms with Gasteiger partial charge in [0, 0.05) is 35.5 Å². The van der Waals surface area contributed by atoms with Gasteiger partial charge in [0.1, 0.15) is 12.4 Å². The number of aliphatic hydroxyl groups excluding tert-OH is 1. The van der Waals surface area contributed by atoms with Crippen LogP contribution >= 0.6 is 0 Å². The molecule has 2 N–H and O–H groups in total. The Bertz CT molecular complexity index is 1120. The van der Waals surface area contributed by atoms with Crippen LogP contribution in [0.2, 0.25) is 0 Å². The van der Waals surface area contributed by atoms with Crippen molar-refractivity contribution in [3.63, 3.8) is 0 Å². The van der Waals surface area contributed by atoms with E-state index >= 15 is 0 Å². The quantitative estimate of drug-likeness (QED) is 0.627. The van der Waals surface area contributed by atoms with E-state index in [4.69, 9.17) is 0 Å². The van der Waals surface area contributed by atoms with Gasteiger partial charge in [0.05, 0.1) is 5.56 Å². The fraction of sp³-hybridized carbons (Fsp3) is 0.227. The summed E-state index contributed by atoms with van der Waals surface area (Å²) in [6.07, 6.45) is -4.38. The molecule has 2 aromatic carbocycles. The van der Waals surface area contributed by atoms with Crippen LogP contribution in [0.1, 0.15) is 16.8 Å². The fourth-order valence-corrected chi connectivity index (χ4v) is 3.14. The number of nitrogens with one attached hydrogen (secondary N) is 1. The van der Waals surface area contributed by atoms with Crippen LogP contribution in [0.3, 0.4) is 0 Å². The first-order chi connectivity index (χ1) is 14.7. The summed E-state index contributed by atoms with van der Waals surface area (Å²) < 4.78 is 39.3. The van der Waals surface area contributed by atoms with Crippen molar-refractivity contribution in [3.05, 3.63) is 81.8 Å². The minimum absolute atomic E-state index is 0.0905. The Morgan fingerprint density at radius 1 is 1.10 bits per heavy atom. The minimum Gasteiger partial charge on any atom is -0.396 e. The molecule has 9 heteroatoms. The van der Waals surface area contributed by atoms with Crippen molar-refractivity contribution in [2.45, 2.75) is 26.1 Å². The lowest BCUT2D eigenvalue weighted by Crippen LogP contribution is -2.33. The van der Waals surface area contributed by atoms with Crippen LogP contribution in [0.4, 0.5) is 18.9 Å². The van der Waals surface area contributed by atoms with Gasteiger partial charge in [-0.05, 0) is 31.2 Å². The summed E-state index contributed by atoms with van der Waals surface area (Å²) >= 11 is 0. The molecular formula is C22H20F3N3O3. The average Bonchev–Trinajstić information content (AvgIpc) is 2.73. The van der Waals surface area contributed by atoms with E-state index in [1.807, 2.05) is 0 Å². The van der Waals surface area contributed by atoms with Crippen molar-refractivity contribution >= 4 is 11.6 Å². The number of rotatable bonds is 6. The molecular weight excluding hydrogens is 411 g/mol. The molecule has 0 unspecified atom stereocenters. The molecule has 0 bridgehead atoms. The molecule has 0 saturated heterocycles. The molecule has 0 aliphatic rings. The van der Waals surface area contributed by atoms with E-state index < -0.39 is 29.8 Å². The number of aliphatic hydroxyl groups is 1. The molecule has 0 spiro atoms. The Kier molecular flexibility index (Phi) is 6.55. The van der Waals surface area contributed by atoms with Crippen LogP contribution in [0.15, 0.2) is 59.4 Å². The van der Waals surface area contributed by atoms with Crippen LogP contribution in [0.5, 0.6) is 0 Å². The van der Waals surface area contributed by atoms with E-state index in [-0.39, 0.29) is 24.5 Å². The van der Waals surface area contributed by atoms with Gasteiger partial charge in [-0.3, -0.25) is 14.2 Å². The second kappa shape index (κ2) is 9.13. The molecule has 1 amide bonds. The molecule has 0 aliphatic heterocycles. The minimum atomic E-state index is -4.48. The summed E-state index contributed by atoms with van der Waals surface area (Å²) in [5.41, 5.74) is 0.262. The standard InChI is InChI=1S/C22H20F3N3O3/c1-14-18(11-12-29)21(31)28(20(26-14)15-5-3-2-4-6-15)13-19(30)27-17-9-7-16(8-10-17)22(23,24)25/h2-10,29H,11-13H2,1H3,(H,27,30). The summed E-state index contributed by atoms with van der Waals surface area (Å²) in [6.45, 7) is 1.02. The highest BCUT2D eigenvalue weighted by Gasteiger charge is 2.30. The monoisotopic (exact) mass is 431 g/mol. The van der Waals surface area contributed by atoms with Gasteiger partial charge >= 0.3 is 6.18 Å². The number of anilines is 1. The van der Waals surface area contributed by atoms with Gasteiger partial charge in [-0.25, -0.2) is 4.98 Å². The second-order valence-corrected chi connectivity index (χ2v) is 6.85. The number of hydrogen-bond acceptors (Lipinski definition) is 4. The predicted molar refractivity (Wildman–Crippen MR) is 110 cm³/mol.